The highest BCUT2D eigenvalue weighted by atomic mass is 31.2. The fourth-order valence-corrected chi connectivity index (χ4v) is 3.73. The van der Waals surface area contributed by atoms with Gasteiger partial charge in [-0.15, -0.1) is 0 Å². The Kier molecular flexibility index (Phi) is 4.53. The minimum Gasteiger partial charge on any atom is -0.761 e. The number of imidazole rings is 2. The number of fused-ring (bicyclic) bond motifs is 1. The van der Waals surface area contributed by atoms with E-state index in [2.05, 4.69) is 19.9 Å². The van der Waals surface area contributed by atoms with Crippen LogP contribution in [0, 0.1) is 0 Å². The van der Waals surface area contributed by atoms with Gasteiger partial charge >= 0.3 is 0 Å². The van der Waals surface area contributed by atoms with Gasteiger partial charge in [-0.05, 0) is 0 Å². The first-order chi connectivity index (χ1) is 13.3. The fourth-order valence-electron chi connectivity index (χ4n) is 2.86. The molecule has 0 radical (unpaired) electrons. The minimum atomic E-state index is -4.49. The van der Waals surface area contributed by atoms with Crippen LogP contribution >= 0.6 is 7.75 Å². The average molecular weight is 412 g/mol. The van der Waals surface area contributed by atoms with Crippen LogP contribution in [0.5, 0.6) is 0 Å². The summed E-state index contributed by atoms with van der Waals surface area (Å²) in [5.41, 5.74) is 4.94. The number of aliphatic hydroxyl groups excluding tert-OH is 2. The smallest absolute Gasteiger partial charge is 0.280 e. The van der Waals surface area contributed by atoms with Crippen LogP contribution in [0.3, 0.4) is 0 Å². The second-order valence-corrected chi connectivity index (χ2v) is 7.69. The van der Waals surface area contributed by atoms with Crippen LogP contribution in [0.4, 0.5) is 5.95 Å². The highest BCUT2D eigenvalue weighted by Gasteiger charge is 2.45. The highest BCUT2D eigenvalue weighted by Crippen LogP contribution is 2.40. The summed E-state index contributed by atoms with van der Waals surface area (Å²) in [6.45, 7) is -0.559. The summed E-state index contributed by atoms with van der Waals surface area (Å²) >= 11 is 0. The molecule has 5 atom stereocenters. The summed E-state index contributed by atoms with van der Waals surface area (Å²) < 4.78 is 24.5. The third-order valence-electron chi connectivity index (χ3n) is 4.24. The van der Waals surface area contributed by atoms with Gasteiger partial charge in [0.15, 0.2) is 17.4 Å². The van der Waals surface area contributed by atoms with Crippen molar-refractivity contribution in [2.45, 2.75) is 24.5 Å². The van der Waals surface area contributed by atoms with Crippen molar-refractivity contribution in [1.82, 2.24) is 28.8 Å². The number of aliphatic hydroxyl groups is 2. The number of nitrogens with zero attached hydrogens (tertiary/aromatic N) is 5. The van der Waals surface area contributed by atoms with E-state index in [0.717, 1.165) is 10.7 Å². The molecule has 3 aromatic heterocycles. The fraction of sp³-hybridized carbons (Fsp3) is 0.385. The van der Waals surface area contributed by atoms with Crippen molar-refractivity contribution in [3.63, 3.8) is 0 Å². The third-order valence-corrected chi connectivity index (χ3v) is 5.51. The Labute approximate surface area is 155 Å². The van der Waals surface area contributed by atoms with Gasteiger partial charge in [-0.3, -0.25) is 23.2 Å². The first kappa shape index (κ1) is 18.7. The molecule has 3 aromatic rings. The summed E-state index contributed by atoms with van der Waals surface area (Å²) in [6, 6.07) is 0. The summed E-state index contributed by atoms with van der Waals surface area (Å²) in [7, 11) is -4.49. The van der Waals surface area contributed by atoms with E-state index in [1.54, 1.807) is 0 Å². The Morgan fingerprint density at radius 1 is 1.39 bits per heavy atom. The number of aromatic nitrogens is 6. The van der Waals surface area contributed by atoms with E-state index in [1.165, 1.54) is 23.3 Å². The number of ether oxygens (including phenoxy) is 1. The van der Waals surface area contributed by atoms with Gasteiger partial charge in [0.25, 0.3) is 5.56 Å². The van der Waals surface area contributed by atoms with E-state index in [0.29, 0.717) is 0 Å². The lowest BCUT2D eigenvalue weighted by Crippen LogP contribution is -2.34. The van der Waals surface area contributed by atoms with Crippen LogP contribution in [0.15, 0.2) is 29.8 Å². The van der Waals surface area contributed by atoms with Crippen molar-refractivity contribution in [3.05, 3.63) is 35.4 Å². The number of hydrogen-bond acceptors (Lipinski definition) is 11. The molecule has 1 aliphatic rings. The zero-order chi connectivity index (χ0) is 20.1. The molecule has 15 heteroatoms. The standard InChI is InChI=1S/C13H16N7O7P/c14-13-17-10-7(11(23)18-13)16-5-20(10)12-9(22)8(21)6(27-12)3-26-28(24,25)19-2-1-15-4-19/h1-2,4-6,8-9,12,21-22H,3H2,(H,24,25)(H3,14,17,18,23)/p-1/t6-,8+,9?,12-/m1/s1. The average Bonchev–Trinajstić information content (AvgIpc) is 3.35. The van der Waals surface area contributed by atoms with Crippen molar-refractivity contribution < 1.29 is 28.9 Å². The molecular formula is C13H15N7O7P-. The first-order valence-corrected chi connectivity index (χ1v) is 9.46. The molecule has 5 N–H and O–H groups in total. The van der Waals surface area contributed by atoms with Crippen molar-refractivity contribution in [2.24, 2.45) is 0 Å². The number of nitrogens with two attached hydrogens (primary N) is 1. The molecule has 0 saturated carbocycles. The number of nitrogen functional groups attached to an aromatic ring is 1. The van der Waals surface area contributed by atoms with Gasteiger partial charge in [-0.1, -0.05) is 0 Å². The molecule has 1 fully saturated rings. The topological polar surface area (TPSA) is 206 Å². The molecule has 4 rings (SSSR count). The molecule has 1 aliphatic heterocycles. The maximum atomic E-state index is 12.0. The zero-order valence-electron chi connectivity index (χ0n) is 14.0. The van der Waals surface area contributed by atoms with Gasteiger partial charge in [0, 0.05) is 12.4 Å². The van der Waals surface area contributed by atoms with E-state index in [9.17, 15) is 24.5 Å². The lowest BCUT2D eigenvalue weighted by Gasteiger charge is -2.25. The Morgan fingerprint density at radius 3 is 2.89 bits per heavy atom. The SMILES string of the molecule is Nc1nc2c(ncn2[C@@H]2O[C@H](COP(=O)([O-])n3ccnc3)[C@H](O)C2O)c(=O)[nH]1. The van der Waals surface area contributed by atoms with Crippen LogP contribution < -0.4 is 16.2 Å². The predicted octanol–water partition coefficient (Wildman–Crippen LogP) is -2.45. The van der Waals surface area contributed by atoms with Crippen molar-refractivity contribution in [2.75, 3.05) is 12.3 Å². The molecule has 4 heterocycles. The Bertz CT molecular complexity index is 1100. The van der Waals surface area contributed by atoms with Crippen LogP contribution in [0.2, 0.25) is 0 Å². The zero-order valence-corrected chi connectivity index (χ0v) is 14.9. The Morgan fingerprint density at radius 2 is 2.18 bits per heavy atom. The summed E-state index contributed by atoms with van der Waals surface area (Å²) in [5.74, 6) is -0.167. The molecule has 0 spiro atoms. The Hall–Kier alpha value is -2.61. The second-order valence-electron chi connectivity index (χ2n) is 6.03. The minimum absolute atomic E-state index is 0.0342. The molecule has 14 nitrogen and oxygen atoms in total. The quantitative estimate of drug-likeness (QED) is 0.323. The van der Waals surface area contributed by atoms with Gasteiger partial charge in [0.2, 0.25) is 13.7 Å². The molecule has 0 amide bonds. The van der Waals surface area contributed by atoms with E-state index >= 15 is 0 Å². The molecule has 0 bridgehead atoms. The summed E-state index contributed by atoms with van der Waals surface area (Å²) in [6.07, 6.45) is -0.619. The van der Waals surface area contributed by atoms with Gasteiger partial charge < -0.3 is 30.1 Å². The molecule has 2 unspecified atom stereocenters. The van der Waals surface area contributed by atoms with Crippen molar-refractivity contribution in [3.8, 4) is 0 Å². The number of rotatable bonds is 5. The van der Waals surface area contributed by atoms with E-state index < -0.39 is 44.5 Å². The van der Waals surface area contributed by atoms with Gasteiger partial charge in [-0.25, -0.2) is 9.97 Å². The molecule has 28 heavy (non-hydrogen) atoms. The second kappa shape index (κ2) is 6.77. The van der Waals surface area contributed by atoms with Gasteiger partial charge in [0.1, 0.15) is 24.6 Å². The summed E-state index contributed by atoms with van der Waals surface area (Å²) in [4.78, 5) is 37.7. The van der Waals surface area contributed by atoms with E-state index in [1.807, 2.05) is 0 Å². The lowest BCUT2D eigenvalue weighted by molar-refractivity contribution is -0.205. The van der Waals surface area contributed by atoms with E-state index in [4.69, 9.17) is 15.0 Å². The highest BCUT2D eigenvalue weighted by molar-refractivity contribution is 7.49. The van der Waals surface area contributed by atoms with Crippen LogP contribution in [-0.2, 0) is 13.8 Å². The number of anilines is 1. The Balaban J connectivity index is 1.55. The monoisotopic (exact) mass is 412 g/mol. The van der Waals surface area contributed by atoms with Crippen LogP contribution in [0.1, 0.15) is 6.23 Å². The number of H-pyrrole nitrogens is 1. The number of nitrogens with one attached hydrogen (secondary N) is 1. The lowest BCUT2D eigenvalue weighted by atomic mass is 10.1. The van der Waals surface area contributed by atoms with Crippen LogP contribution in [0.25, 0.3) is 11.2 Å². The first-order valence-electron chi connectivity index (χ1n) is 7.96. The normalized spacial score (nSPS) is 27.2. The third kappa shape index (κ3) is 3.11. The summed E-state index contributed by atoms with van der Waals surface area (Å²) in [5, 5.41) is 20.5. The molecular weight excluding hydrogens is 397 g/mol. The van der Waals surface area contributed by atoms with Gasteiger partial charge in [-0.2, -0.15) is 4.98 Å². The largest absolute Gasteiger partial charge is 0.761 e. The van der Waals surface area contributed by atoms with E-state index in [-0.39, 0.29) is 17.1 Å². The maximum absolute atomic E-state index is 12.0. The molecule has 0 aromatic carbocycles. The van der Waals surface area contributed by atoms with Crippen LogP contribution in [-0.4, -0.2) is 64.0 Å². The predicted molar refractivity (Wildman–Crippen MR) is 89.7 cm³/mol. The maximum Gasteiger partial charge on any atom is 0.280 e. The number of hydrogen-bond donors (Lipinski definition) is 4. The molecule has 150 valence electrons. The molecule has 1 saturated heterocycles. The van der Waals surface area contributed by atoms with Gasteiger partial charge in [0.05, 0.1) is 12.9 Å². The van der Waals surface area contributed by atoms with Crippen molar-refractivity contribution in [1.29, 1.82) is 0 Å². The molecule has 0 aliphatic carbocycles. The number of aromatic amines is 1. The van der Waals surface area contributed by atoms with Crippen molar-refractivity contribution >= 4 is 24.9 Å².